The maximum absolute atomic E-state index is 12.0. The fraction of sp³-hybridized carbons (Fsp3) is 0.929. The molecular formula is C14H28ClN3O. The molecular weight excluding hydrogens is 262 g/mol. The van der Waals surface area contributed by atoms with Gasteiger partial charge in [0.25, 0.3) is 0 Å². The molecule has 2 atom stereocenters. The van der Waals surface area contributed by atoms with E-state index in [0.29, 0.717) is 18.5 Å². The van der Waals surface area contributed by atoms with Gasteiger partial charge in [0.2, 0.25) is 5.91 Å². The number of hydrogen-bond donors (Lipinski definition) is 2. The van der Waals surface area contributed by atoms with Crippen molar-refractivity contribution in [1.82, 2.24) is 10.2 Å². The van der Waals surface area contributed by atoms with Crippen LogP contribution < -0.4 is 11.1 Å². The number of hydrogen-bond acceptors (Lipinski definition) is 3. The zero-order valence-electron chi connectivity index (χ0n) is 11.9. The highest BCUT2D eigenvalue weighted by molar-refractivity contribution is 5.85. The maximum Gasteiger partial charge on any atom is 0.234 e. The second-order valence-electron chi connectivity index (χ2n) is 6.05. The highest BCUT2D eigenvalue weighted by atomic mass is 35.5. The van der Waals surface area contributed by atoms with Crippen LogP contribution in [0.5, 0.6) is 0 Å². The van der Waals surface area contributed by atoms with E-state index in [-0.39, 0.29) is 24.4 Å². The number of nitrogens with two attached hydrogens (primary N) is 1. The minimum Gasteiger partial charge on any atom is -0.352 e. The third-order valence-electron chi connectivity index (χ3n) is 4.39. The van der Waals surface area contributed by atoms with E-state index in [0.717, 1.165) is 32.4 Å². The van der Waals surface area contributed by atoms with Gasteiger partial charge >= 0.3 is 0 Å². The van der Waals surface area contributed by atoms with Crippen LogP contribution in [0, 0.1) is 5.92 Å². The van der Waals surface area contributed by atoms with E-state index in [2.05, 4.69) is 17.1 Å². The lowest BCUT2D eigenvalue weighted by molar-refractivity contribution is -0.123. The van der Waals surface area contributed by atoms with E-state index in [1.807, 2.05) is 0 Å². The van der Waals surface area contributed by atoms with Gasteiger partial charge in [0, 0.05) is 18.6 Å². The van der Waals surface area contributed by atoms with Gasteiger partial charge in [-0.2, -0.15) is 0 Å². The molecule has 0 spiro atoms. The highest BCUT2D eigenvalue weighted by Crippen LogP contribution is 2.19. The van der Waals surface area contributed by atoms with Crippen LogP contribution in [0.4, 0.5) is 0 Å². The summed E-state index contributed by atoms with van der Waals surface area (Å²) in [5, 5.41) is 3.18. The van der Waals surface area contributed by atoms with Crippen LogP contribution in [0.3, 0.4) is 0 Å². The fourth-order valence-corrected chi connectivity index (χ4v) is 3.16. The summed E-state index contributed by atoms with van der Waals surface area (Å²) in [6.45, 7) is 4.62. The first-order valence-electron chi connectivity index (χ1n) is 7.42. The summed E-state index contributed by atoms with van der Waals surface area (Å²) in [5.74, 6) is 0.764. The first kappa shape index (κ1) is 16.7. The van der Waals surface area contributed by atoms with Crippen LogP contribution in [0.15, 0.2) is 0 Å². The molecule has 112 valence electrons. The van der Waals surface area contributed by atoms with Crippen LogP contribution in [0.1, 0.15) is 45.4 Å². The summed E-state index contributed by atoms with van der Waals surface area (Å²) in [5.41, 5.74) is 5.91. The maximum atomic E-state index is 12.0. The molecule has 2 fully saturated rings. The van der Waals surface area contributed by atoms with Crippen LogP contribution >= 0.6 is 12.4 Å². The van der Waals surface area contributed by atoms with Gasteiger partial charge in [-0.3, -0.25) is 9.69 Å². The van der Waals surface area contributed by atoms with E-state index < -0.39 is 0 Å². The van der Waals surface area contributed by atoms with Crippen molar-refractivity contribution in [2.75, 3.05) is 19.6 Å². The van der Waals surface area contributed by atoms with Gasteiger partial charge in [-0.05, 0) is 38.6 Å². The molecule has 1 aliphatic heterocycles. The van der Waals surface area contributed by atoms with E-state index in [1.54, 1.807) is 0 Å². The smallest absolute Gasteiger partial charge is 0.234 e. The van der Waals surface area contributed by atoms with Crippen LogP contribution in [0.25, 0.3) is 0 Å². The van der Waals surface area contributed by atoms with Gasteiger partial charge in [-0.15, -0.1) is 12.4 Å². The lowest BCUT2D eigenvalue weighted by atomic mass is 9.95. The molecule has 2 rings (SSSR count). The average molecular weight is 290 g/mol. The number of nitrogens with one attached hydrogen (secondary N) is 1. The summed E-state index contributed by atoms with van der Waals surface area (Å²) in [6.07, 6.45) is 7.31. The predicted octanol–water partition coefficient (Wildman–Crippen LogP) is 1.53. The minimum absolute atomic E-state index is 0. The Morgan fingerprint density at radius 1 is 1.32 bits per heavy atom. The second kappa shape index (κ2) is 8.08. The normalized spacial score (nSPS) is 26.7. The molecule has 5 heteroatoms. The molecule has 4 nitrogen and oxygen atoms in total. The zero-order chi connectivity index (χ0) is 13.0. The number of halogens is 1. The predicted molar refractivity (Wildman–Crippen MR) is 80.5 cm³/mol. The quantitative estimate of drug-likeness (QED) is 0.825. The van der Waals surface area contributed by atoms with E-state index >= 15 is 0 Å². The summed E-state index contributed by atoms with van der Waals surface area (Å²) < 4.78 is 0. The highest BCUT2D eigenvalue weighted by Gasteiger charge is 2.26. The van der Waals surface area contributed by atoms with E-state index in [1.165, 1.54) is 19.3 Å². The standard InChI is InChI=1S/C14H27N3O.ClH/c1-11(15)12-7-8-17(9-12)10-14(18)16-13-5-3-2-4-6-13;/h11-13H,2-10,15H2,1H3,(H,16,18);1H. The van der Waals surface area contributed by atoms with Gasteiger partial charge in [0.05, 0.1) is 6.54 Å². The zero-order valence-corrected chi connectivity index (χ0v) is 12.8. The molecule has 19 heavy (non-hydrogen) atoms. The average Bonchev–Trinajstić information content (AvgIpc) is 2.78. The van der Waals surface area contributed by atoms with Crippen LogP contribution in [0.2, 0.25) is 0 Å². The third-order valence-corrected chi connectivity index (χ3v) is 4.39. The topological polar surface area (TPSA) is 58.4 Å². The van der Waals surface area contributed by atoms with Crippen molar-refractivity contribution in [1.29, 1.82) is 0 Å². The Balaban J connectivity index is 0.00000180. The minimum atomic E-state index is 0. The molecule has 3 N–H and O–H groups in total. The molecule has 1 aliphatic carbocycles. The molecule has 0 aromatic carbocycles. The second-order valence-corrected chi connectivity index (χ2v) is 6.05. The number of amides is 1. The van der Waals surface area contributed by atoms with Gasteiger partial charge < -0.3 is 11.1 Å². The first-order chi connectivity index (χ1) is 8.65. The lowest BCUT2D eigenvalue weighted by Gasteiger charge is -2.24. The SMILES string of the molecule is CC(N)C1CCN(CC(=O)NC2CCCCC2)C1.Cl. The molecule has 2 unspecified atom stereocenters. The first-order valence-corrected chi connectivity index (χ1v) is 7.42. The number of nitrogens with zero attached hydrogens (tertiary/aromatic N) is 1. The van der Waals surface area contributed by atoms with Crippen molar-refractivity contribution in [2.45, 2.75) is 57.5 Å². The molecule has 1 amide bonds. The molecule has 0 aromatic heterocycles. The van der Waals surface area contributed by atoms with Gasteiger partial charge in [-0.25, -0.2) is 0 Å². The Hall–Kier alpha value is -0.320. The van der Waals surface area contributed by atoms with Crippen LogP contribution in [-0.4, -0.2) is 42.5 Å². The van der Waals surface area contributed by atoms with Crippen LogP contribution in [-0.2, 0) is 4.79 Å². The van der Waals surface area contributed by atoms with Gasteiger partial charge in [-0.1, -0.05) is 19.3 Å². The number of carbonyl (C=O) groups is 1. The van der Waals surface area contributed by atoms with Crippen molar-refractivity contribution < 1.29 is 4.79 Å². The van der Waals surface area contributed by atoms with E-state index in [9.17, 15) is 4.79 Å². The summed E-state index contributed by atoms with van der Waals surface area (Å²) in [7, 11) is 0. The Morgan fingerprint density at radius 2 is 2.00 bits per heavy atom. The summed E-state index contributed by atoms with van der Waals surface area (Å²) in [4.78, 5) is 14.2. The third kappa shape index (κ3) is 5.28. The molecule has 1 saturated carbocycles. The fourth-order valence-electron chi connectivity index (χ4n) is 3.16. The van der Waals surface area contributed by atoms with Gasteiger partial charge in [0.1, 0.15) is 0 Å². The Kier molecular flexibility index (Phi) is 7.11. The lowest BCUT2D eigenvalue weighted by Crippen LogP contribution is -2.42. The molecule has 2 aliphatic rings. The molecule has 0 bridgehead atoms. The van der Waals surface area contributed by atoms with Gasteiger partial charge in [0.15, 0.2) is 0 Å². The molecule has 0 aromatic rings. The van der Waals surface area contributed by atoms with Crippen molar-refractivity contribution in [2.24, 2.45) is 11.7 Å². The van der Waals surface area contributed by atoms with E-state index in [4.69, 9.17) is 5.73 Å². The van der Waals surface area contributed by atoms with Crippen molar-refractivity contribution in [3.63, 3.8) is 0 Å². The molecule has 1 saturated heterocycles. The number of carbonyl (C=O) groups excluding carboxylic acids is 1. The largest absolute Gasteiger partial charge is 0.352 e. The Morgan fingerprint density at radius 3 is 2.58 bits per heavy atom. The molecule has 1 heterocycles. The monoisotopic (exact) mass is 289 g/mol. The van der Waals surface area contributed by atoms with Crippen molar-refractivity contribution >= 4 is 18.3 Å². The Bertz CT molecular complexity index is 280. The molecule has 0 radical (unpaired) electrons. The number of likely N-dealkylation sites (tertiary alicyclic amines) is 1. The van der Waals surface area contributed by atoms with Crippen molar-refractivity contribution in [3.8, 4) is 0 Å². The number of rotatable bonds is 4. The Labute approximate surface area is 122 Å². The summed E-state index contributed by atoms with van der Waals surface area (Å²) >= 11 is 0. The summed E-state index contributed by atoms with van der Waals surface area (Å²) in [6, 6.07) is 0.675. The van der Waals surface area contributed by atoms with Crippen molar-refractivity contribution in [3.05, 3.63) is 0 Å².